The molecule has 86 valence electrons. The predicted octanol–water partition coefficient (Wildman–Crippen LogP) is 2.62. The minimum atomic E-state index is 0.492. The van der Waals surface area contributed by atoms with Crippen LogP contribution in [0.5, 0.6) is 0 Å². The van der Waals surface area contributed by atoms with Crippen LogP contribution in [-0.2, 0) is 0 Å². The van der Waals surface area contributed by atoms with Crippen molar-refractivity contribution in [1.29, 1.82) is 5.26 Å². The lowest BCUT2D eigenvalue weighted by Gasteiger charge is -2.23. The van der Waals surface area contributed by atoms with E-state index in [0.717, 1.165) is 11.0 Å². The predicted molar refractivity (Wildman–Crippen MR) is 67.0 cm³/mol. The monoisotopic (exact) mass is 282 g/mol. The van der Waals surface area contributed by atoms with Crippen LogP contribution in [-0.4, -0.2) is 23.1 Å². The summed E-state index contributed by atoms with van der Waals surface area (Å²) in [6.45, 7) is 5.82. The molecule has 0 aliphatic heterocycles. The summed E-state index contributed by atoms with van der Waals surface area (Å²) in [5, 5.41) is 8.62. The number of rotatable bonds is 5. The second-order valence-electron chi connectivity index (χ2n) is 3.95. The Morgan fingerprint density at radius 3 is 2.56 bits per heavy atom. The molecule has 1 rings (SSSR count). The van der Waals surface area contributed by atoms with E-state index in [1.165, 1.54) is 0 Å². The van der Waals surface area contributed by atoms with E-state index < -0.39 is 0 Å². The first-order valence-corrected chi connectivity index (χ1v) is 6.02. The first-order chi connectivity index (χ1) is 7.63. The zero-order valence-electron chi connectivity index (χ0n) is 9.52. The van der Waals surface area contributed by atoms with Gasteiger partial charge in [0.1, 0.15) is 0 Å². The normalized spacial score (nSPS) is 10.2. The lowest BCUT2D eigenvalue weighted by molar-refractivity contribution is 0.602. The summed E-state index contributed by atoms with van der Waals surface area (Å²) in [6, 6.07) is 2.15. The molecular formula is C11H15BrN4. The third-order valence-electron chi connectivity index (χ3n) is 1.97. The van der Waals surface area contributed by atoms with Gasteiger partial charge in [0.2, 0.25) is 5.95 Å². The molecule has 0 spiro atoms. The Labute approximate surface area is 104 Å². The van der Waals surface area contributed by atoms with Gasteiger partial charge in [0.25, 0.3) is 0 Å². The van der Waals surface area contributed by atoms with Gasteiger partial charge in [-0.05, 0) is 21.8 Å². The highest BCUT2D eigenvalue weighted by Crippen LogP contribution is 2.12. The quantitative estimate of drug-likeness (QED) is 0.833. The van der Waals surface area contributed by atoms with Crippen LogP contribution in [0.25, 0.3) is 0 Å². The van der Waals surface area contributed by atoms with Crippen molar-refractivity contribution >= 4 is 21.9 Å². The molecule has 0 fully saturated rings. The molecule has 1 aromatic heterocycles. The van der Waals surface area contributed by atoms with E-state index in [-0.39, 0.29) is 0 Å². The summed E-state index contributed by atoms with van der Waals surface area (Å²) >= 11 is 3.30. The van der Waals surface area contributed by atoms with E-state index in [1.54, 1.807) is 12.4 Å². The molecule has 5 heteroatoms. The molecule has 0 saturated carbocycles. The topological polar surface area (TPSA) is 52.8 Å². The molecule has 0 saturated heterocycles. The molecule has 0 amide bonds. The van der Waals surface area contributed by atoms with Crippen LogP contribution in [0.3, 0.4) is 0 Å². The van der Waals surface area contributed by atoms with Crippen LogP contribution >= 0.6 is 15.9 Å². The summed E-state index contributed by atoms with van der Waals surface area (Å²) in [4.78, 5) is 10.5. The van der Waals surface area contributed by atoms with Crippen LogP contribution < -0.4 is 4.90 Å². The zero-order chi connectivity index (χ0) is 12.0. The molecular weight excluding hydrogens is 268 g/mol. The average Bonchev–Trinajstić information content (AvgIpc) is 2.25. The minimum absolute atomic E-state index is 0.492. The molecule has 1 aromatic rings. The second-order valence-corrected chi connectivity index (χ2v) is 4.86. The Hall–Kier alpha value is -1.15. The van der Waals surface area contributed by atoms with Crippen LogP contribution in [0.2, 0.25) is 0 Å². The van der Waals surface area contributed by atoms with Crippen molar-refractivity contribution in [3.63, 3.8) is 0 Å². The number of aromatic nitrogens is 2. The largest absolute Gasteiger partial charge is 0.340 e. The maximum atomic E-state index is 8.62. The van der Waals surface area contributed by atoms with E-state index in [4.69, 9.17) is 5.26 Å². The van der Waals surface area contributed by atoms with Gasteiger partial charge < -0.3 is 4.90 Å². The summed E-state index contributed by atoms with van der Waals surface area (Å²) in [7, 11) is 0. The molecule has 0 aliphatic carbocycles. The van der Waals surface area contributed by atoms with Gasteiger partial charge in [-0.2, -0.15) is 5.26 Å². The van der Waals surface area contributed by atoms with Gasteiger partial charge in [0.05, 0.1) is 17.0 Å². The number of nitrogens with zero attached hydrogens (tertiary/aromatic N) is 4. The van der Waals surface area contributed by atoms with Gasteiger partial charge in [-0.3, -0.25) is 0 Å². The second kappa shape index (κ2) is 6.44. The molecule has 0 atom stereocenters. The zero-order valence-corrected chi connectivity index (χ0v) is 11.1. The highest BCUT2D eigenvalue weighted by molar-refractivity contribution is 9.10. The number of hydrogen-bond acceptors (Lipinski definition) is 4. The highest BCUT2D eigenvalue weighted by Gasteiger charge is 2.10. The Bertz CT molecular complexity index is 355. The first kappa shape index (κ1) is 12.9. The van der Waals surface area contributed by atoms with Crippen LogP contribution in [0.15, 0.2) is 16.9 Å². The fourth-order valence-corrected chi connectivity index (χ4v) is 1.57. The van der Waals surface area contributed by atoms with E-state index in [9.17, 15) is 0 Å². The van der Waals surface area contributed by atoms with Gasteiger partial charge in [-0.1, -0.05) is 13.8 Å². The molecule has 0 N–H and O–H groups in total. The van der Waals surface area contributed by atoms with Gasteiger partial charge in [0, 0.05) is 25.5 Å². The molecule has 0 radical (unpaired) electrons. The fraction of sp³-hybridized carbons (Fsp3) is 0.545. The molecule has 16 heavy (non-hydrogen) atoms. The maximum absolute atomic E-state index is 8.62. The average molecular weight is 283 g/mol. The number of nitriles is 1. The van der Waals surface area contributed by atoms with Crippen molar-refractivity contribution in [3.8, 4) is 6.07 Å². The van der Waals surface area contributed by atoms with Gasteiger partial charge in [-0.25, -0.2) is 9.97 Å². The minimum Gasteiger partial charge on any atom is -0.340 e. The van der Waals surface area contributed by atoms with E-state index >= 15 is 0 Å². The van der Waals surface area contributed by atoms with Crippen molar-refractivity contribution in [2.75, 3.05) is 18.0 Å². The SMILES string of the molecule is CC(C)CN(CCC#N)c1ncc(Br)cn1. The molecule has 4 nitrogen and oxygen atoms in total. The van der Waals surface area contributed by atoms with Gasteiger partial charge >= 0.3 is 0 Å². The van der Waals surface area contributed by atoms with Crippen molar-refractivity contribution in [3.05, 3.63) is 16.9 Å². The fourth-order valence-electron chi connectivity index (χ4n) is 1.37. The summed E-state index contributed by atoms with van der Waals surface area (Å²) < 4.78 is 0.862. The molecule has 0 unspecified atom stereocenters. The Kier molecular flexibility index (Phi) is 5.20. The van der Waals surface area contributed by atoms with Crippen LogP contribution in [0.1, 0.15) is 20.3 Å². The molecule has 1 heterocycles. The smallest absolute Gasteiger partial charge is 0.225 e. The van der Waals surface area contributed by atoms with Crippen molar-refractivity contribution in [2.45, 2.75) is 20.3 Å². The summed E-state index contributed by atoms with van der Waals surface area (Å²) in [5.74, 6) is 1.21. The summed E-state index contributed by atoms with van der Waals surface area (Å²) in [5.41, 5.74) is 0. The van der Waals surface area contributed by atoms with E-state index in [1.807, 2.05) is 4.90 Å². The third-order valence-corrected chi connectivity index (χ3v) is 2.38. The Balaban J connectivity index is 2.75. The molecule has 0 aromatic carbocycles. The number of hydrogen-bond donors (Lipinski definition) is 0. The summed E-state index contributed by atoms with van der Waals surface area (Å²) in [6.07, 6.45) is 3.94. The Morgan fingerprint density at radius 1 is 1.44 bits per heavy atom. The van der Waals surface area contributed by atoms with Crippen LogP contribution in [0, 0.1) is 17.2 Å². The van der Waals surface area contributed by atoms with Crippen molar-refractivity contribution in [1.82, 2.24) is 9.97 Å². The highest BCUT2D eigenvalue weighted by atomic mass is 79.9. The standard InChI is InChI=1S/C11H15BrN4/c1-9(2)8-16(5-3-4-13)11-14-6-10(12)7-15-11/h6-7,9H,3,5,8H2,1-2H3. The molecule has 0 aliphatic rings. The van der Waals surface area contributed by atoms with Gasteiger partial charge in [0.15, 0.2) is 0 Å². The number of anilines is 1. The van der Waals surface area contributed by atoms with E-state index in [2.05, 4.69) is 45.8 Å². The van der Waals surface area contributed by atoms with E-state index in [0.29, 0.717) is 24.8 Å². The lowest BCUT2D eigenvalue weighted by atomic mass is 10.2. The van der Waals surface area contributed by atoms with Crippen molar-refractivity contribution in [2.24, 2.45) is 5.92 Å². The molecule has 0 bridgehead atoms. The van der Waals surface area contributed by atoms with Gasteiger partial charge in [-0.15, -0.1) is 0 Å². The first-order valence-electron chi connectivity index (χ1n) is 5.23. The lowest BCUT2D eigenvalue weighted by Crippen LogP contribution is -2.30. The number of halogens is 1. The Morgan fingerprint density at radius 2 is 2.06 bits per heavy atom. The van der Waals surface area contributed by atoms with Crippen molar-refractivity contribution < 1.29 is 0 Å². The third kappa shape index (κ3) is 4.15. The van der Waals surface area contributed by atoms with Crippen LogP contribution in [0.4, 0.5) is 5.95 Å². The maximum Gasteiger partial charge on any atom is 0.225 e.